The van der Waals surface area contributed by atoms with Crippen molar-refractivity contribution in [1.29, 1.82) is 0 Å². The first-order valence-corrected chi connectivity index (χ1v) is 12.6. The van der Waals surface area contributed by atoms with Gasteiger partial charge < -0.3 is 9.84 Å². The molecule has 0 radical (unpaired) electrons. The molecule has 1 N–H and O–H groups in total. The zero-order valence-electron chi connectivity index (χ0n) is 20.3. The van der Waals surface area contributed by atoms with Gasteiger partial charge in [0.05, 0.1) is 6.61 Å². The molecule has 3 aromatic carbocycles. The third-order valence-corrected chi connectivity index (χ3v) is 6.42. The number of benzene rings is 3. The number of fused-ring (bicyclic) bond motifs is 1. The van der Waals surface area contributed by atoms with Crippen molar-refractivity contribution < 1.29 is 14.4 Å². The van der Waals surface area contributed by atoms with E-state index < -0.39 is 6.10 Å². The Labute approximate surface area is 203 Å². The Bertz CT molecular complexity index is 1140. The molecule has 0 aliphatic carbocycles. The van der Waals surface area contributed by atoms with Crippen molar-refractivity contribution >= 4 is 11.0 Å². The number of imidazole rings is 1. The molecule has 0 saturated carbocycles. The van der Waals surface area contributed by atoms with E-state index >= 15 is 0 Å². The summed E-state index contributed by atoms with van der Waals surface area (Å²) in [6.45, 7) is 4.09. The average Bonchev–Trinajstić information content (AvgIpc) is 3.19. The molecule has 178 valence electrons. The van der Waals surface area contributed by atoms with E-state index in [4.69, 9.17) is 4.74 Å². The van der Waals surface area contributed by atoms with Crippen LogP contribution in [0, 0.1) is 0 Å². The van der Waals surface area contributed by atoms with E-state index in [-0.39, 0.29) is 0 Å². The predicted molar refractivity (Wildman–Crippen MR) is 138 cm³/mol. The second-order valence-electron chi connectivity index (χ2n) is 8.97. The highest BCUT2D eigenvalue weighted by Crippen LogP contribution is 2.25. The van der Waals surface area contributed by atoms with E-state index in [2.05, 4.69) is 64.6 Å². The van der Waals surface area contributed by atoms with Gasteiger partial charge in [-0.25, -0.2) is 4.57 Å². The van der Waals surface area contributed by atoms with Crippen molar-refractivity contribution in [2.24, 2.45) is 0 Å². The zero-order valence-corrected chi connectivity index (χ0v) is 20.3. The first-order valence-electron chi connectivity index (χ1n) is 12.6. The van der Waals surface area contributed by atoms with Gasteiger partial charge in [-0.1, -0.05) is 112 Å². The number of para-hydroxylation sites is 2. The Balaban J connectivity index is 1.63. The van der Waals surface area contributed by atoms with Gasteiger partial charge in [0.25, 0.3) is 5.82 Å². The van der Waals surface area contributed by atoms with Crippen LogP contribution in [-0.2, 0) is 18.0 Å². The summed E-state index contributed by atoms with van der Waals surface area (Å²) in [5.41, 5.74) is 4.25. The first-order chi connectivity index (χ1) is 16.8. The lowest BCUT2D eigenvalue weighted by molar-refractivity contribution is -0.674. The van der Waals surface area contributed by atoms with Gasteiger partial charge in [0.1, 0.15) is 6.54 Å². The topological polar surface area (TPSA) is 38.3 Å². The molecule has 1 heterocycles. The van der Waals surface area contributed by atoms with Crippen molar-refractivity contribution in [2.75, 3.05) is 6.61 Å². The quantitative estimate of drug-likeness (QED) is 0.186. The summed E-state index contributed by atoms with van der Waals surface area (Å²) in [7, 11) is 0. The van der Waals surface area contributed by atoms with Gasteiger partial charge in [-0.05, 0) is 29.7 Å². The molecule has 0 bridgehead atoms. The van der Waals surface area contributed by atoms with Crippen molar-refractivity contribution in [1.82, 2.24) is 4.57 Å². The Morgan fingerprint density at radius 2 is 1.44 bits per heavy atom. The van der Waals surface area contributed by atoms with Crippen LogP contribution in [0.3, 0.4) is 0 Å². The highest BCUT2D eigenvalue weighted by molar-refractivity contribution is 5.72. The fourth-order valence-corrected chi connectivity index (χ4v) is 4.60. The maximum Gasteiger partial charge on any atom is 0.293 e. The predicted octanol–water partition coefficient (Wildman–Crippen LogP) is 6.39. The van der Waals surface area contributed by atoms with E-state index in [9.17, 15) is 5.11 Å². The number of ether oxygens (including phenoxy) is 1. The van der Waals surface area contributed by atoms with Crippen LogP contribution in [0.25, 0.3) is 11.0 Å². The van der Waals surface area contributed by atoms with Crippen molar-refractivity contribution in [2.45, 2.75) is 64.8 Å². The summed E-state index contributed by atoms with van der Waals surface area (Å²) >= 11 is 0. The molecule has 0 saturated heterocycles. The summed E-state index contributed by atoms with van der Waals surface area (Å²) in [4.78, 5) is 0. The largest absolute Gasteiger partial charge is 0.376 e. The Morgan fingerprint density at radius 1 is 0.794 bits per heavy atom. The summed E-state index contributed by atoms with van der Waals surface area (Å²) in [6.07, 6.45) is 6.70. The maximum absolute atomic E-state index is 11.6. The molecule has 0 fully saturated rings. The molecule has 4 heteroatoms. The monoisotopic (exact) mass is 457 g/mol. The van der Waals surface area contributed by atoms with Crippen molar-refractivity contribution in [3.63, 3.8) is 0 Å². The Morgan fingerprint density at radius 3 is 2.21 bits per heavy atom. The van der Waals surface area contributed by atoms with E-state index in [0.29, 0.717) is 13.3 Å². The number of hydrogen-bond acceptors (Lipinski definition) is 2. The van der Waals surface area contributed by atoms with Crippen molar-refractivity contribution in [3.8, 4) is 0 Å². The minimum absolute atomic E-state index is 0.427. The third kappa shape index (κ3) is 5.94. The molecule has 4 rings (SSSR count). The van der Waals surface area contributed by atoms with Crippen molar-refractivity contribution in [3.05, 3.63) is 102 Å². The lowest BCUT2D eigenvalue weighted by Crippen LogP contribution is -2.40. The molecule has 1 atom stereocenters. The smallest absolute Gasteiger partial charge is 0.293 e. The van der Waals surface area contributed by atoms with Crippen LogP contribution in [0.15, 0.2) is 84.9 Å². The molecule has 1 unspecified atom stereocenters. The summed E-state index contributed by atoms with van der Waals surface area (Å²) in [5.74, 6) is 0.846. The molecule has 0 amide bonds. The normalized spacial score (nSPS) is 12.3. The molecular formula is C30H37N2O2+. The highest BCUT2D eigenvalue weighted by atomic mass is 16.5. The number of unbranched alkanes of at least 4 members (excludes halogenated alkanes) is 5. The number of aliphatic hydroxyl groups is 1. The minimum atomic E-state index is -0.755. The van der Waals surface area contributed by atoms with Gasteiger partial charge in [-0.2, -0.15) is 4.57 Å². The van der Waals surface area contributed by atoms with Crippen LogP contribution in [0.4, 0.5) is 0 Å². The molecule has 4 aromatic rings. The number of hydrogen-bond donors (Lipinski definition) is 1. The van der Waals surface area contributed by atoms with E-state index in [1.165, 1.54) is 37.7 Å². The highest BCUT2D eigenvalue weighted by Gasteiger charge is 2.31. The van der Waals surface area contributed by atoms with Crippen LogP contribution in [-0.4, -0.2) is 16.3 Å². The molecular weight excluding hydrogens is 420 g/mol. The Hall–Kier alpha value is -2.95. The second kappa shape index (κ2) is 12.5. The number of rotatable bonds is 13. The first kappa shape index (κ1) is 24.2. The molecule has 34 heavy (non-hydrogen) atoms. The van der Waals surface area contributed by atoms with Crippen LogP contribution < -0.4 is 4.57 Å². The molecule has 4 nitrogen and oxygen atoms in total. The number of aliphatic hydroxyl groups excluding tert-OH is 1. The summed E-state index contributed by atoms with van der Waals surface area (Å²) < 4.78 is 10.5. The Kier molecular flexibility index (Phi) is 8.89. The fourth-order valence-electron chi connectivity index (χ4n) is 4.60. The van der Waals surface area contributed by atoms with Gasteiger partial charge in [0, 0.05) is 0 Å². The zero-order chi connectivity index (χ0) is 23.6. The van der Waals surface area contributed by atoms with E-state index in [1.807, 2.05) is 36.4 Å². The lowest BCUT2D eigenvalue weighted by Gasteiger charge is -2.12. The maximum atomic E-state index is 11.6. The van der Waals surface area contributed by atoms with Crippen LogP contribution in [0.2, 0.25) is 0 Å². The molecule has 0 aliphatic heterocycles. The van der Waals surface area contributed by atoms with Gasteiger partial charge in [-0.3, -0.25) is 0 Å². The number of aromatic nitrogens is 2. The molecule has 0 spiro atoms. The summed E-state index contributed by atoms with van der Waals surface area (Å²) in [6, 6.07) is 28.7. The standard InChI is InChI=1S/C30H37N2O2/c1-2-3-4-5-6-15-22-34-24-32-28-21-14-13-20-27(28)31(23-25-16-9-7-10-17-25)30(32)29(33)26-18-11-8-12-19-26/h7-14,16-21,29,33H,2-6,15,22-24H2,1H3/q+1. The lowest BCUT2D eigenvalue weighted by atomic mass is 10.1. The average molecular weight is 458 g/mol. The van der Waals surface area contributed by atoms with Gasteiger partial charge in [0.15, 0.2) is 23.9 Å². The SMILES string of the molecule is CCCCCCCCOCn1c(C(O)c2ccccc2)[n+](Cc2ccccc2)c2ccccc21. The van der Waals surface area contributed by atoms with Gasteiger partial charge in [0.2, 0.25) is 0 Å². The van der Waals surface area contributed by atoms with Gasteiger partial charge in [-0.15, -0.1) is 0 Å². The van der Waals surface area contributed by atoms with E-state index in [1.54, 1.807) is 0 Å². The number of nitrogens with zero attached hydrogens (tertiary/aromatic N) is 2. The summed E-state index contributed by atoms with van der Waals surface area (Å²) in [5, 5.41) is 11.6. The second-order valence-corrected chi connectivity index (χ2v) is 8.97. The minimum Gasteiger partial charge on any atom is -0.376 e. The third-order valence-electron chi connectivity index (χ3n) is 6.42. The van der Waals surface area contributed by atoms with Crippen LogP contribution in [0.1, 0.15) is 68.5 Å². The fraction of sp³-hybridized carbons (Fsp3) is 0.367. The molecule has 0 aliphatic rings. The molecule has 1 aromatic heterocycles. The van der Waals surface area contributed by atoms with Crippen LogP contribution >= 0.6 is 0 Å². The van der Waals surface area contributed by atoms with Crippen LogP contribution in [0.5, 0.6) is 0 Å². The van der Waals surface area contributed by atoms with E-state index in [0.717, 1.165) is 35.4 Å². The van der Waals surface area contributed by atoms with Gasteiger partial charge >= 0.3 is 0 Å².